The number of hydrogen-bond acceptors (Lipinski definition) is 4. The third kappa shape index (κ3) is 6.75. The summed E-state index contributed by atoms with van der Waals surface area (Å²) in [4.78, 5) is 24.6. The second-order valence-corrected chi connectivity index (χ2v) is 6.64. The van der Waals surface area contributed by atoms with Gasteiger partial charge >= 0.3 is 0 Å². The average molecular weight is 416 g/mol. The maximum Gasteiger partial charge on any atom is 0.269 e. The molecule has 0 aromatic heterocycles. The summed E-state index contributed by atoms with van der Waals surface area (Å²) in [6.45, 7) is 4.47. The third-order valence-corrected chi connectivity index (χ3v) is 4.37. The van der Waals surface area contributed by atoms with Crippen LogP contribution in [0.5, 0.6) is 11.5 Å². The van der Waals surface area contributed by atoms with Crippen LogP contribution in [0.3, 0.4) is 0 Å². The fraction of sp³-hybridized carbons (Fsp3) is 0.120. The Bertz CT molecular complexity index is 1020. The average Bonchev–Trinajstić information content (AvgIpc) is 2.82. The number of hydrogen-bond donors (Lipinski definition) is 2. The molecule has 0 radical (unpaired) electrons. The zero-order valence-corrected chi connectivity index (χ0v) is 17.0. The summed E-state index contributed by atoms with van der Waals surface area (Å²) < 4.78 is 11.1. The fourth-order valence-electron chi connectivity index (χ4n) is 2.77. The van der Waals surface area contributed by atoms with E-state index in [1.807, 2.05) is 30.3 Å². The van der Waals surface area contributed by atoms with Gasteiger partial charge in [-0.25, -0.2) is 0 Å². The van der Waals surface area contributed by atoms with Crippen LogP contribution in [0.1, 0.15) is 26.3 Å². The zero-order chi connectivity index (χ0) is 21.9. The first-order valence-electron chi connectivity index (χ1n) is 9.87. The molecule has 0 bridgehead atoms. The number of nitrogens with one attached hydrogen (secondary N) is 2. The van der Waals surface area contributed by atoms with Gasteiger partial charge in [0.05, 0.1) is 6.61 Å². The Balaban J connectivity index is 1.49. The summed E-state index contributed by atoms with van der Waals surface area (Å²) in [7, 11) is 0. The van der Waals surface area contributed by atoms with Crippen LogP contribution in [0.25, 0.3) is 0 Å². The third-order valence-electron chi connectivity index (χ3n) is 4.37. The Morgan fingerprint density at radius 3 is 2.19 bits per heavy atom. The SMILES string of the molecule is C=CCOc1ccc(C(=O)NNC(=O)c2cccc(OCCc3ccccc3)c2)cc1. The Hall–Kier alpha value is -4.06. The lowest BCUT2D eigenvalue weighted by Gasteiger charge is -2.10. The van der Waals surface area contributed by atoms with Crippen molar-refractivity contribution in [1.29, 1.82) is 0 Å². The molecule has 0 fully saturated rings. The predicted octanol–water partition coefficient (Wildman–Crippen LogP) is 3.95. The standard InChI is InChI=1S/C25H24N2O4/c1-2-16-30-22-13-11-20(12-14-22)24(28)26-27-25(29)21-9-6-10-23(18-21)31-17-15-19-7-4-3-5-8-19/h2-14,18H,1,15-17H2,(H,26,28)(H,27,29). The number of hydrazine groups is 1. The monoisotopic (exact) mass is 416 g/mol. The van der Waals surface area contributed by atoms with Crippen molar-refractivity contribution in [3.63, 3.8) is 0 Å². The maximum atomic E-state index is 12.4. The van der Waals surface area contributed by atoms with Crippen molar-refractivity contribution in [2.75, 3.05) is 13.2 Å². The van der Waals surface area contributed by atoms with Gasteiger partial charge in [0.25, 0.3) is 11.8 Å². The molecule has 0 aliphatic carbocycles. The molecule has 31 heavy (non-hydrogen) atoms. The summed E-state index contributed by atoms with van der Waals surface area (Å²) in [5.74, 6) is 0.348. The van der Waals surface area contributed by atoms with Gasteiger partial charge in [-0.15, -0.1) is 0 Å². The highest BCUT2D eigenvalue weighted by atomic mass is 16.5. The van der Waals surface area contributed by atoms with Crippen LogP contribution in [0.2, 0.25) is 0 Å². The van der Waals surface area contributed by atoms with Gasteiger partial charge in [-0.3, -0.25) is 20.4 Å². The highest BCUT2D eigenvalue weighted by Gasteiger charge is 2.10. The largest absolute Gasteiger partial charge is 0.493 e. The van der Waals surface area contributed by atoms with Crippen molar-refractivity contribution < 1.29 is 19.1 Å². The molecule has 0 saturated carbocycles. The summed E-state index contributed by atoms with van der Waals surface area (Å²) in [5, 5.41) is 0. The molecule has 3 aromatic rings. The highest BCUT2D eigenvalue weighted by molar-refractivity contribution is 5.99. The molecule has 0 unspecified atom stereocenters. The van der Waals surface area contributed by atoms with Crippen LogP contribution in [-0.4, -0.2) is 25.0 Å². The van der Waals surface area contributed by atoms with E-state index in [4.69, 9.17) is 9.47 Å². The lowest BCUT2D eigenvalue weighted by molar-refractivity contribution is 0.0846. The van der Waals surface area contributed by atoms with Crippen LogP contribution in [0.15, 0.2) is 91.5 Å². The molecule has 158 valence electrons. The lowest BCUT2D eigenvalue weighted by atomic mass is 10.2. The quantitative estimate of drug-likeness (QED) is 0.409. The van der Waals surface area contributed by atoms with Crippen LogP contribution in [-0.2, 0) is 6.42 Å². The van der Waals surface area contributed by atoms with E-state index in [-0.39, 0.29) is 0 Å². The first kappa shape index (κ1) is 21.6. The minimum absolute atomic E-state index is 0.380. The molecule has 0 aliphatic heterocycles. The molecule has 3 aromatic carbocycles. The van der Waals surface area contributed by atoms with E-state index in [2.05, 4.69) is 17.4 Å². The molecule has 0 saturated heterocycles. The second-order valence-electron chi connectivity index (χ2n) is 6.64. The van der Waals surface area contributed by atoms with Gasteiger partial charge in [-0.05, 0) is 48.0 Å². The van der Waals surface area contributed by atoms with Gasteiger partial charge in [-0.1, -0.05) is 49.1 Å². The Labute approximate surface area is 181 Å². The summed E-state index contributed by atoms with van der Waals surface area (Å²) in [5.41, 5.74) is 6.78. The van der Waals surface area contributed by atoms with E-state index in [9.17, 15) is 9.59 Å². The molecule has 6 nitrogen and oxygen atoms in total. The molecular formula is C25H24N2O4. The van der Waals surface area contributed by atoms with E-state index in [1.165, 1.54) is 5.56 Å². The van der Waals surface area contributed by atoms with Gasteiger partial charge in [0, 0.05) is 17.5 Å². The number of carbonyl (C=O) groups is 2. The van der Waals surface area contributed by atoms with E-state index in [0.717, 1.165) is 6.42 Å². The minimum Gasteiger partial charge on any atom is -0.493 e. The van der Waals surface area contributed by atoms with Gasteiger partial charge in [0.1, 0.15) is 18.1 Å². The number of amides is 2. The molecule has 0 atom stereocenters. The summed E-state index contributed by atoms with van der Waals surface area (Å²) >= 11 is 0. The van der Waals surface area contributed by atoms with Gasteiger partial charge in [0.2, 0.25) is 0 Å². The van der Waals surface area contributed by atoms with E-state index >= 15 is 0 Å². The number of carbonyl (C=O) groups excluding carboxylic acids is 2. The summed E-state index contributed by atoms with van der Waals surface area (Å²) in [6, 6.07) is 23.4. The van der Waals surface area contributed by atoms with Crippen molar-refractivity contribution in [1.82, 2.24) is 10.9 Å². The Morgan fingerprint density at radius 2 is 1.48 bits per heavy atom. The molecule has 3 rings (SSSR count). The predicted molar refractivity (Wildman–Crippen MR) is 119 cm³/mol. The number of rotatable bonds is 9. The van der Waals surface area contributed by atoms with Crippen LogP contribution in [0, 0.1) is 0 Å². The second kappa shape index (κ2) is 11.2. The van der Waals surface area contributed by atoms with E-state index in [0.29, 0.717) is 35.8 Å². The molecule has 0 spiro atoms. The molecule has 0 aliphatic rings. The smallest absolute Gasteiger partial charge is 0.269 e. The fourth-order valence-corrected chi connectivity index (χ4v) is 2.77. The maximum absolute atomic E-state index is 12.4. The van der Waals surface area contributed by atoms with Crippen LogP contribution in [0.4, 0.5) is 0 Å². The van der Waals surface area contributed by atoms with Crippen molar-refractivity contribution in [3.8, 4) is 11.5 Å². The Morgan fingerprint density at radius 1 is 0.774 bits per heavy atom. The minimum atomic E-state index is -0.437. The topological polar surface area (TPSA) is 76.7 Å². The van der Waals surface area contributed by atoms with Crippen LogP contribution < -0.4 is 20.3 Å². The van der Waals surface area contributed by atoms with Crippen molar-refractivity contribution >= 4 is 11.8 Å². The number of benzene rings is 3. The number of ether oxygens (including phenoxy) is 2. The van der Waals surface area contributed by atoms with Crippen LogP contribution >= 0.6 is 0 Å². The molecule has 0 heterocycles. The molecular weight excluding hydrogens is 392 g/mol. The Kier molecular flexibility index (Phi) is 7.83. The molecule has 6 heteroatoms. The first-order valence-corrected chi connectivity index (χ1v) is 9.87. The van der Waals surface area contributed by atoms with Gasteiger partial charge in [0.15, 0.2) is 0 Å². The molecule has 2 N–H and O–H groups in total. The van der Waals surface area contributed by atoms with Gasteiger partial charge < -0.3 is 9.47 Å². The molecule has 2 amide bonds. The van der Waals surface area contributed by atoms with Gasteiger partial charge in [-0.2, -0.15) is 0 Å². The zero-order valence-electron chi connectivity index (χ0n) is 17.0. The van der Waals surface area contributed by atoms with E-state index in [1.54, 1.807) is 54.6 Å². The van der Waals surface area contributed by atoms with Crippen molar-refractivity contribution in [2.24, 2.45) is 0 Å². The lowest BCUT2D eigenvalue weighted by Crippen LogP contribution is -2.41. The summed E-state index contributed by atoms with van der Waals surface area (Å²) in [6.07, 6.45) is 2.41. The highest BCUT2D eigenvalue weighted by Crippen LogP contribution is 2.14. The van der Waals surface area contributed by atoms with Crippen molar-refractivity contribution in [2.45, 2.75) is 6.42 Å². The first-order chi connectivity index (χ1) is 15.2. The van der Waals surface area contributed by atoms with Crippen molar-refractivity contribution in [3.05, 3.63) is 108 Å². The normalized spacial score (nSPS) is 10.1. The van der Waals surface area contributed by atoms with E-state index < -0.39 is 11.8 Å².